The lowest BCUT2D eigenvalue weighted by Crippen LogP contribution is -2.45. The topological polar surface area (TPSA) is 82.3 Å². The van der Waals surface area contributed by atoms with E-state index in [1.165, 1.54) is 6.92 Å². The predicted octanol–water partition coefficient (Wildman–Crippen LogP) is 3.09. The third-order valence-electron chi connectivity index (χ3n) is 3.09. The summed E-state index contributed by atoms with van der Waals surface area (Å²) in [5, 5.41) is 21.6. The maximum absolute atomic E-state index is 12.2. The van der Waals surface area contributed by atoms with Crippen molar-refractivity contribution in [2.45, 2.75) is 12.5 Å². The van der Waals surface area contributed by atoms with Gasteiger partial charge in [-0.2, -0.15) is 5.26 Å². The van der Waals surface area contributed by atoms with Crippen molar-refractivity contribution in [1.29, 1.82) is 5.26 Å². The van der Waals surface area contributed by atoms with Crippen LogP contribution in [-0.2, 0) is 4.79 Å². The normalized spacial score (nSPS) is 12.8. The molecule has 0 saturated heterocycles. The third-order valence-corrected chi connectivity index (χ3v) is 3.62. The van der Waals surface area contributed by atoms with Gasteiger partial charge in [-0.1, -0.05) is 15.9 Å². The summed E-state index contributed by atoms with van der Waals surface area (Å²) in [6.45, 7) is 1.20. The first-order valence-corrected chi connectivity index (χ1v) is 7.62. The number of amides is 1. The second-order valence-corrected chi connectivity index (χ2v) is 6.08. The molecule has 1 amide bonds. The summed E-state index contributed by atoms with van der Waals surface area (Å²) in [7, 11) is 0. The molecule has 0 aliphatic heterocycles. The van der Waals surface area contributed by atoms with Crippen LogP contribution in [0.2, 0.25) is 0 Å². The molecule has 0 spiro atoms. The highest BCUT2D eigenvalue weighted by Crippen LogP contribution is 2.18. The Kier molecular flexibility index (Phi) is 5.37. The van der Waals surface area contributed by atoms with E-state index in [4.69, 9.17) is 10.00 Å². The van der Waals surface area contributed by atoms with Gasteiger partial charge in [-0.05, 0) is 55.5 Å². The van der Waals surface area contributed by atoms with Gasteiger partial charge in [-0.3, -0.25) is 4.79 Å². The summed E-state index contributed by atoms with van der Waals surface area (Å²) < 4.78 is 6.36. The Labute approximate surface area is 142 Å². The second kappa shape index (κ2) is 7.27. The molecule has 5 nitrogen and oxygen atoms in total. The SMILES string of the molecule is C[C@](O)(COc1ccc(Br)cc1)C(=O)Nc1ccc(C#N)cc1. The molecule has 0 saturated carbocycles. The average molecular weight is 375 g/mol. The monoisotopic (exact) mass is 374 g/mol. The fraction of sp³-hybridized carbons (Fsp3) is 0.176. The summed E-state index contributed by atoms with van der Waals surface area (Å²) in [5.74, 6) is -0.0287. The standard InChI is InChI=1S/C17H15BrN2O3/c1-17(22,11-23-15-8-4-13(18)5-9-15)16(21)20-14-6-2-12(10-19)3-7-14/h2-9,22H,11H2,1H3,(H,20,21)/t17-/m0/s1. The Morgan fingerprint density at radius 3 is 2.43 bits per heavy atom. The van der Waals surface area contributed by atoms with E-state index in [0.29, 0.717) is 17.0 Å². The van der Waals surface area contributed by atoms with Crippen molar-refractivity contribution in [2.24, 2.45) is 0 Å². The van der Waals surface area contributed by atoms with Gasteiger partial charge in [0.05, 0.1) is 11.6 Å². The molecule has 2 aromatic carbocycles. The molecule has 23 heavy (non-hydrogen) atoms. The van der Waals surface area contributed by atoms with E-state index >= 15 is 0 Å². The third kappa shape index (κ3) is 4.81. The van der Waals surface area contributed by atoms with Crippen LogP contribution in [0.4, 0.5) is 5.69 Å². The number of aliphatic hydroxyl groups is 1. The number of nitriles is 1. The van der Waals surface area contributed by atoms with Crippen molar-refractivity contribution in [2.75, 3.05) is 11.9 Å². The van der Waals surface area contributed by atoms with Gasteiger partial charge in [0, 0.05) is 10.2 Å². The van der Waals surface area contributed by atoms with Gasteiger partial charge in [-0.25, -0.2) is 0 Å². The number of ether oxygens (including phenoxy) is 1. The smallest absolute Gasteiger partial charge is 0.259 e. The number of benzene rings is 2. The summed E-state index contributed by atoms with van der Waals surface area (Å²) in [6, 6.07) is 15.4. The first-order chi connectivity index (χ1) is 10.9. The zero-order valence-electron chi connectivity index (χ0n) is 12.4. The lowest BCUT2D eigenvalue weighted by Gasteiger charge is -2.22. The number of rotatable bonds is 5. The highest BCUT2D eigenvalue weighted by Gasteiger charge is 2.31. The molecule has 1 atom stereocenters. The van der Waals surface area contributed by atoms with E-state index < -0.39 is 11.5 Å². The quantitative estimate of drug-likeness (QED) is 0.842. The van der Waals surface area contributed by atoms with E-state index in [0.717, 1.165) is 4.47 Å². The molecule has 118 valence electrons. The molecular formula is C17H15BrN2O3. The number of nitrogens with one attached hydrogen (secondary N) is 1. The number of nitrogens with zero attached hydrogens (tertiary/aromatic N) is 1. The molecule has 0 aromatic heterocycles. The predicted molar refractivity (Wildman–Crippen MR) is 90.0 cm³/mol. The zero-order chi connectivity index (χ0) is 16.9. The van der Waals surface area contributed by atoms with Crippen LogP contribution >= 0.6 is 15.9 Å². The molecule has 0 aliphatic rings. The molecule has 2 N–H and O–H groups in total. The van der Waals surface area contributed by atoms with Crippen LogP contribution in [0.1, 0.15) is 12.5 Å². The van der Waals surface area contributed by atoms with Crippen molar-refractivity contribution >= 4 is 27.5 Å². The van der Waals surface area contributed by atoms with Gasteiger partial charge in [0.15, 0.2) is 5.60 Å². The van der Waals surface area contributed by atoms with Crippen LogP contribution in [0, 0.1) is 11.3 Å². The Bertz CT molecular complexity index is 719. The summed E-state index contributed by atoms with van der Waals surface area (Å²) >= 11 is 3.32. The van der Waals surface area contributed by atoms with Crippen molar-refractivity contribution in [3.63, 3.8) is 0 Å². The van der Waals surface area contributed by atoms with Gasteiger partial charge < -0.3 is 15.2 Å². The number of anilines is 1. The highest BCUT2D eigenvalue weighted by atomic mass is 79.9. The lowest BCUT2D eigenvalue weighted by atomic mass is 10.1. The molecule has 0 heterocycles. The number of hydrogen-bond donors (Lipinski definition) is 2. The van der Waals surface area contributed by atoms with E-state index in [1.807, 2.05) is 6.07 Å². The average Bonchev–Trinajstić information content (AvgIpc) is 2.55. The van der Waals surface area contributed by atoms with E-state index in [1.54, 1.807) is 48.5 Å². The first kappa shape index (κ1) is 17.0. The number of carbonyl (C=O) groups is 1. The van der Waals surface area contributed by atoms with Crippen LogP contribution in [0.15, 0.2) is 53.0 Å². The molecule has 2 aromatic rings. The van der Waals surface area contributed by atoms with E-state index in [2.05, 4.69) is 21.2 Å². The maximum atomic E-state index is 12.2. The minimum atomic E-state index is -1.69. The lowest BCUT2D eigenvalue weighted by molar-refractivity contribution is -0.135. The minimum Gasteiger partial charge on any atom is -0.490 e. The Hall–Kier alpha value is -2.36. The van der Waals surface area contributed by atoms with Gasteiger partial charge in [-0.15, -0.1) is 0 Å². The van der Waals surface area contributed by atoms with Gasteiger partial charge >= 0.3 is 0 Å². The molecule has 0 unspecified atom stereocenters. The van der Waals surface area contributed by atoms with E-state index in [9.17, 15) is 9.90 Å². The molecule has 0 bridgehead atoms. The number of halogens is 1. The van der Waals surface area contributed by atoms with Crippen molar-refractivity contribution < 1.29 is 14.6 Å². The van der Waals surface area contributed by atoms with Crippen molar-refractivity contribution in [3.05, 3.63) is 58.6 Å². The van der Waals surface area contributed by atoms with E-state index in [-0.39, 0.29) is 6.61 Å². The van der Waals surface area contributed by atoms with Crippen LogP contribution in [0.5, 0.6) is 5.75 Å². The summed E-state index contributed by atoms with van der Waals surface area (Å²) in [4.78, 5) is 12.2. The van der Waals surface area contributed by atoms with Crippen molar-refractivity contribution in [1.82, 2.24) is 0 Å². The van der Waals surface area contributed by atoms with Gasteiger partial charge in [0.1, 0.15) is 12.4 Å². The fourth-order valence-electron chi connectivity index (χ4n) is 1.71. The first-order valence-electron chi connectivity index (χ1n) is 6.83. The van der Waals surface area contributed by atoms with Crippen LogP contribution in [0.25, 0.3) is 0 Å². The second-order valence-electron chi connectivity index (χ2n) is 5.16. The van der Waals surface area contributed by atoms with Crippen molar-refractivity contribution in [3.8, 4) is 11.8 Å². The molecule has 2 rings (SSSR count). The van der Waals surface area contributed by atoms with Crippen LogP contribution < -0.4 is 10.1 Å². The zero-order valence-corrected chi connectivity index (χ0v) is 14.0. The number of hydrogen-bond acceptors (Lipinski definition) is 4. The van der Waals surface area contributed by atoms with Crippen LogP contribution in [0.3, 0.4) is 0 Å². The van der Waals surface area contributed by atoms with Gasteiger partial charge in [0.25, 0.3) is 5.91 Å². The maximum Gasteiger partial charge on any atom is 0.259 e. The van der Waals surface area contributed by atoms with Gasteiger partial charge in [0.2, 0.25) is 0 Å². The molecule has 0 fully saturated rings. The van der Waals surface area contributed by atoms with Crippen LogP contribution in [-0.4, -0.2) is 23.2 Å². The number of carbonyl (C=O) groups excluding carboxylic acids is 1. The molecule has 0 radical (unpaired) electrons. The largest absolute Gasteiger partial charge is 0.490 e. The minimum absolute atomic E-state index is 0.184. The Morgan fingerprint density at radius 1 is 1.26 bits per heavy atom. The molecular weight excluding hydrogens is 360 g/mol. The molecule has 6 heteroatoms. The Balaban J connectivity index is 1.96. The molecule has 0 aliphatic carbocycles. The highest BCUT2D eigenvalue weighted by molar-refractivity contribution is 9.10. The summed E-state index contributed by atoms with van der Waals surface area (Å²) in [5.41, 5.74) is -0.702. The Morgan fingerprint density at radius 2 is 1.87 bits per heavy atom. The fourth-order valence-corrected chi connectivity index (χ4v) is 1.98. The summed E-state index contributed by atoms with van der Waals surface area (Å²) in [6.07, 6.45) is 0.